The van der Waals surface area contributed by atoms with Crippen molar-refractivity contribution >= 4 is 58.1 Å². The van der Waals surface area contributed by atoms with Crippen LogP contribution in [0.25, 0.3) is 21.8 Å². The maximum atomic E-state index is 15.3. The highest BCUT2D eigenvalue weighted by Crippen LogP contribution is 2.40. The molecule has 3 heterocycles. The van der Waals surface area contributed by atoms with Crippen molar-refractivity contribution in [3.8, 4) is 21.8 Å². The highest BCUT2D eigenvalue weighted by atomic mass is 32.2. The van der Waals surface area contributed by atoms with Gasteiger partial charge in [-0.05, 0) is 72.8 Å². The Balaban J connectivity index is 1.22. The van der Waals surface area contributed by atoms with Crippen molar-refractivity contribution in [2.45, 2.75) is 24.7 Å². The van der Waals surface area contributed by atoms with Gasteiger partial charge in [0.15, 0.2) is 0 Å². The van der Waals surface area contributed by atoms with E-state index in [-0.39, 0.29) is 28.3 Å². The van der Waals surface area contributed by atoms with E-state index >= 15 is 4.39 Å². The third-order valence-electron chi connectivity index (χ3n) is 7.98. The van der Waals surface area contributed by atoms with Gasteiger partial charge >= 0.3 is 0 Å². The molecule has 2 aromatic heterocycles. The molecule has 1 fully saturated rings. The van der Waals surface area contributed by atoms with Gasteiger partial charge in [-0.3, -0.25) is 4.90 Å². The van der Waals surface area contributed by atoms with Crippen LogP contribution in [0.1, 0.15) is 24.8 Å². The lowest BCUT2D eigenvalue weighted by Gasteiger charge is -2.36. The fourth-order valence-corrected chi connectivity index (χ4v) is 7.54. The number of piperazine rings is 1. The molecule has 1 aliphatic rings. The second-order valence-electron chi connectivity index (χ2n) is 11.7. The SMILES string of the molecule is CSCCN1CCN(c2ccc(Nc3nccc(-c4sc(C(C)C)nc4-c4ccc(F)c(NSc5c(F)cccc5F)c4)n3)cc2F)CC1. The third-order valence-corrected chi connectivity index (χ3v) is 10.9. The molecule has 3 aromatic carbocycles. The summed E-state index contributed by atoms with van der Waals surface area (Å²) in [6.45, 7) is 8.45. The monoisotopic (exact) mass is 725 g/mol. The van der Waals surface area contributed by atoms with Crippen molar-refractivity contribution in [3.05, 3.63) is 95.1 Å². The number of aromatic nitrogens is 3. The molecular weight excluding hydrogens is 691 g/mol. The van der Waals surface area contributed by atoms with E-state index in [0.29, 0.717) is 40.3 Å². The molecule has 0 aliphatic carbocycles. The molecule has 0 amide bonds. The Bertz CT molecular complexity index is 1890. The minimum Gasteiger partial charge on any atom is -0.367 e. The van der Waals surface area contributed by atoms with Crippen molar-refractivity contribution in [3.63, 3.8) is 0 Å². The summed E-state index contributed by atoms with van der Waals surface area (Å²) in [7, 11) is 0. The summed E-state index contributed by atoms with van der Waals surface area (Å²) in [5, 5.41) is 3.98. The topological polar surface area (TPSA) is 69.2 Å². The smallest absolute Gasteiger partial charge is 0.227 e. The Kier molecular flexibility index (Phi) is 11.3. The minimum absolute atomic E-state index is 0.0446. The summed E-state index contributed by atoms with van der Waals surface area (Å²) < 4.78 is 61.4. The molecule has 7 nitrogen and oxygen atoms in total. The van der Waals surface area contributed by atoms with E-state index in [1.807, 2.05) is 31.7 Å². The van der Waals surface area contributed by atoms with Crippen LogP contribution in [0.4, 0.5) is 40.6 Å². The van der Waals surface area contributed by atoms with Crippen LogP contribution in [-0.4, -0.2) is 64.6 Å². The first kappa shape index (κ1) is 35.0. The van der Waals surface area contributed by atoms with Crippen molar-refractivity contribution < 1.29 is 17.6 Å². The fraction of sp³-hybridized carbons (Fsp3) is 0.286. The van der Waals surface area contributed by atoms with Crippen LogP contribution < -0.4 is 14.9 Å². The van der Waals surface area contributed by atoms with Crippen LogP contribution in [0.15, 0.2) is 71.8 Å². The van der Waals surface area contributed by atoms with Crippen molar-refractivity contribution in [1.29, 1.82) is 0 Å². The molecule has 2 N–H and O–H groups in total. The van der Waals surface area contributed by atoms with Gasteiger partial charge in [-0.25, -0.2) is 32.5 Å². The minimum atomic E-state index is -0.750. The largest absolute Gasteiger partial charge is 0.367 e. The summed E-state index contributed by atoms with van der Waals surface area (Å²) >= 11 is 3.94. The summed E-state index contributed by atoms with van der Waals surface area (Å²) in [4.78, 5) is 18.9. The first-order chi connectivity index (χ1) is 23.7. The molecular formula is C35H35F4N7S3. The lowest BCUT2D eigenvalue weighted by Crippen LogP contribution is -2.47. The molecule has 256 valence electrons. The van der Waals surface area contributed by atoms with Crippen molar-refractivity contribution in [1.82, 2.24) is 19.9 Å². The maximum Gasteiger partial charge on any atom is 0.227 e. The van der Waals surface area contributed by atoms with Crippen molar-refractivity contribution in [2.75, 3.05) is 59.7 Å². The zero-order valence-electron chi connectivity index (χ0n) is 27.1. The Morgan fingerprint density at radius 1 is 0.878 bits per heavy atom. The van der Waals surface area contributed by atoms with Crippen LogP contribution in [0.5, 0.6) is 0 Å². The number of anilines is 4. The summed E-state index contributed by atoms with van der Waals surface area (Å²) in [6.07, 6.45) is 3.72. The lowest BCUT2D eigenvalue weighted by atomic mass is 10.1. The molecule has 6 rings (SSSR count). The average molecular weight is 726 g/mol. The number of nitrogens with zero attached hydrogens (tertiary/aromatic N) is 5. The number of hydrogen-bond acceptors (Lipinski definition) is 10. The zero-order chi connectivity index (χ0) is 34.5. The molecule has 49 heavy (non-hydrogen) atoms. The molecule has 0 radical (unpaired) electrons. The number of nitrogens with one attached hydrogen (secondary N) is 2. The predicted molar refractivity (Wildman–Crippen MR) is 195 cm³/mol. The maximum absolute atomic E-state index is 15.3. The Morgan fingerprint density at radius 2 is 1.65 bits per heavy atom. The van der Waals surface area contributed by atoms with E-state index in [0.717, 1.165) is 60.5 Å². The predicted octanol–water partition coefficient (Wildman–Crippen LogP) is 9.29. The number of thiazole rings is 1. The van der Waals surface area contributed by atoms with E-state index in [4.69, 9.17) is 9.97 Å². The second-order valence-corrected chi connectivity index (χ2v) is 14.5. The van der Waals surface area contributed by atoms with Gasteiger partial charge in [0.1, 0.15) is 23.3 Å². The summed E-state index contributed by atoms with van der Waals surface area (Å²) in [5.74, 6) is -0.931. The molecule has 0 saturated carbocycles. The van der Waals surface area contributed by atoms with E-state index < -0.39 is 17.5 Å². The number of halogens is 4. The number of rotatable bonds is 12. The first-order valence-electron chi connectivity index (χ1n) is 15.7. The van der Waals surface area contributed by atoms with Crippen LogP contribution >= 0.6 is 35.0 Å². The van der Waals surface area contributed by atoms with Gasteiger partial charge in [0, 0.05) is 61.8 Å². The lowest BCUT2D eigenvalue weighted by molar-refractivity contribution is 0.272. The standard InChI is InChI=1S/C35H35F4N7S3/c1-21(2)34-43-31(22-7-9-24(36)29(19-22)44-49-32-25(37)5-4-6-26(32)38)33(48-34)28-11-12-40-35(42-28)41-23-8-10-30(27(39)20-23)46-15-13-45(14-16-46)17-18-47-3/h4-12,19-21,44H,13-18H2,1-3H3,(H,40,41,42). The van der Waals surface area contributed by atoms with E-state index in [9.17, 15) is 13.2 Å². The summed E-state index contributed by atoms with van der Waals surface area (Å²) in [6, 6.07) is 14.8. The molecule has 0 atom stereocenters. The average Bonchev–Trinajstić information content (AvgIpc) is 3.55. The highest BCUT2D eigenvalue weighted by molar-refractivity contribution is 8.00. The Hall–Kier alpha value is -3.85. The molecule has 1 aliphatic heterocycles. The van der Waals surface area contributed by atoms with Gasteiger partial charge in [-0.1, -0.05) is 19.9 Å². The molecule has 1 saturated heterocycles. The van der Waals surface area contributed by atoms with E-state index in [1.165, 1.54) is 29.5 Å². The molecule has 0 unspecified atom stereocenters. The summed E-state index contributed by atoms with van der Waals surface area (Å²) in [5.41, 5.74) is 2.88. The van der Waals surface area contributed by atoms with Gasteiger partial charge in [-0.2, -0.15) is 11.8 Å². The first-order valence-corrected chi connectivity index (χ1v) is 18.8. The normalized spacial score (nSPS) is 13.7. The van der Waals surface area contributed by atoms with Crippen molar-refractivity contribution in [2.24, 2.45) is 0 Å². The molecule has 0 bridgehead atoms. The molecule has 14 heteroatoms. The van der Waals surface area contributed by atoms with E-state index in [1.54, 1.807) is 30.5 Å². The van der Waals surface area contributed by atoms with Crippen LogP contribution in [0.3, 0.4) is 0 Å². The third kappa shape index (κ3) is 8.31. The molecule has 0 spiro atoms. The van der Waals surface area contributed by atoms with Crippen LogP contribution in [0, 0.1) is 23.3 Å². The van der Waals surface area contributed by atoms with E-state index in [2.05, 4.69) is 31.1 Å². The van der Waals surface area contributed by atoms with Gasteiger partial charge < -0.3 is 14.9 Å². The highest BCUT2D eigenvalue weighted by Gasteiger charge is 2.22. The Morgan fingerprint density at radius 3 is 2.37 bits per heavy atom. The van der Waals surface area contributed by atoms with Crippen LogP contribution in [-0.2, 0) is 0 Å². The zero-order valence-corrected chi connectivity index (χ0v) is 29.6. The van der Waals surface area contributed by atoms with Gasteiger partial charge in [-0.15, -0.1) is 11.3 Å². The molecule has 5 aromatic rings. The second kappa shape index (κ2) is 15.8. The fourth-order valence-electron chi connectivity index (χ4n) is 5.34. The number of hydrogen-bond donors (Lipinski definition) is 2. The quantitative estimate of drug-likeness (QED) is 0.0968. The Labute approximate surface area is 295 Å². The number of thioether (sulfide) groups is 1. The van der Waals surface area contributed by atoms with Gasteiger partial charge in [0.2, 0.25) is 5.95 Å². The number of benzene rings is 3. The van der Waals surface area contributed by atoms with Gasteiger partial charge in [0.25, 0.3) is 0 Å². The van der Waals surface area contributed by atoms with Crippen LogP contribution in [0.2, 0.25) is 0 Å². The van der Waals surface area contributed by atoms with Gasteiger partial charge in [0.05, 0.1) is 37.5 Å².